The summed E-state index contributed by atoms with van der Waals surface area (Å²) < 4.78 is 23.2. The van der Waals surface area contributed by atoms with Crippen molar-refractivity contribution in [3.8, 4) is 11.5 Å². The maximum atomic E-state index is 11.7. The highest BCUT2D eigenvalue weighted by atomic mass is 32.2. The first-order valence-corrected chi connectivity index (χ1v) is 10.8. The van der Waals surface area contributed by atoms with Crippen LogP contribution in [-0.2, 0) is 17.4 Å². The van der Waals surface area contributed by atoms with Crippen LogP contribution in [0.25, 0.3) is 10.9 Å². The summed E-state index contributed by atoms with van der Waals surface area (Å²) in [7, 11) is 0.603. The fraction of sp³-hybridized carbons (Fsp3) is 0.333. The number of benzene rings is 2. The summed E-state index contributed by atoms with van der Waals surface area (Å²) in [6.45, 7) is 0.352. The highest BCUT2D eigenvalue weighted by Crippen LogP contribution is 2.35. The van der Waals surface area contributed by atoms with Crippen molar-refractivity contribution in [3.63, 3.8) is 0 Å². The molecule has 1 aliphatic rings. The molecule has 1 atom stereocenters. The zero-order valence-electron chi connectivity index (χ0n) is 16.0. The molecule has 1 aromatic heterocycles. The van der Waals surface area contributed by atoms with E-state index in [0.717, 1.165) is 27.2 Å². The van der Waals surface area contributed by atoms with E-state index in [1.807, 2.05) is 36.4 Å². The van der Waals surface area contributed by atoms with Gasteiger partial charge in [0.1, 0.15) is 18.8 Å². The van der Waals surface area contributed by atoms with Crippen molar-refractivity contribution >= 4 is 27.5 Å². The Morgan fingerprint density at radius 3 is 2.75 bits per heavy atom. The van der Waals surface area contributed by atoms with E-state index >= 15 is 0 Å². The molecule has 4 rings (SSSR count). The van der Waals surface area contributed by atoms with Gasteiger partial charge < -0.3 is 14.8 Å². The first-order valence-electron chi connectivity index (χ1n) is 9.28. The molecule has 0 aliphatic heterocycles. The van der Waals surface area contributed by atoms with Crippen LogP contribution < -0.4 is 14.8 Å². The molecule has 0 spiro atoms. The summed E-state index contributed by atoms with van der Waals surface area (Å²) in [4.78, 5) is 9.58. The van der Waals surface area contributed by atoms with E-state index in [4.69, 9.17) is 9.47 Å². The van der Waals surface area contributed by atoms with Gasteiger partial charge in [-0.3, -0.25) is 4.21 Å². The molecule has 1 unspecified atom stereocenters. The molecule has 0 radical (unpaired) electrons. The van der Waals surface area contributed by atoms with Gasteiger partial charge in [0.2, 0.25) is 0 Å². The molecule has 0 bridgehead atoms. The van der Waals surface area contributed by atoms with Gasteiger partial charge in [0.25, 0.3) is 0 Å². The Bertz CT molecular complexity index is 1020. The van der Waals surface area contributed by atoms with Crippen molar-refractivity contribution in [1.29, 1.82) is 0 Å². The molecule has 0 saturated heterocycles. The van der Waals surface area contributed by atoms with Crippen LogP contribution in [0.5, 0.6) is 11.5 Å². The minimum Gasteiger partial charge on any atom is -0.493 e. The van der Waals surface area contributed by atoms with Crippen LogP contribution in [0, 0.1) is 0 Å². The number of ether oxygens (including phenoxy) is 2. The van der Waals surface area contributed by atoms with Crippen molar-refractivity contribution in [2.45, 2.75) is 36.8 Å². The second kappa shape index (κ2) is 8.14. The smallest absolute Gasteiger partial charge is 0.163 e. The summed E-state index contributed by atoms with van der Waals surface area (Å²) in [6, 6.07) is 11.9. The van der Waals surface area contributed by atoms with E-state index < -0.39 is 10.8 Å². The van der Waals surface area contributed by atoms with Crippen molar-refractivity contribution < 1.29 is 13.7 Å². The van der Waals surface area contributed by atoms with E-state index in [0.29, 0.717) is 24.1 Å². The minimum absolute atomic E-state index is 0.352. The van der Waals surface area contributed by atoms with Crippen molar-refractivity contribution in [2.75, 3.05) is 18.7 Å². The molecule has 6 nitrogen and oxygen atoms in total. The number of rotatable bonds is 7. The van der Waals surface area contributed by atoms with Crippen LogP contribution in [0.3, 0.4) is 0 Å². The van der Waals surface area contributed by atoms with E-state index in [1.165, 1.54) is 19.3 Å². The monoisotopic (exact) mass is 397 g/mol. The summed E-state index contributed by atoms with van der Waals surface area (Å²) >= 11 is 0. The molecule has 1 aliphatic carbocycles. The Kier molecular flexibility index (Phi) is 5.43. The molecule has 1 saturated carbocycles. The minimum atomic E-state index is -1.02. The van der Waals surface area contributed by atoms with E-state index in [1.54, 1.807) is 19.7 Å². The van der Waals surface area contributed by atoms with Crippen LogP contribution in [-0.4, -0.2) is 33.6 Å². The first kappa shape index (κ1) is 18.7. The summed E-state index contributed by atoms with van der Waals surface area (Å²) in [5, 5.41) is 4.41. The topological polar surface area (TPSA) is 73.3 Å². The Morgan fingerprint density at radius 1 is 1.18 bits per heavy atom. The lowest BCUT2D eigenvalue weighted by Crippen LogP contribution is -2.27. The van der Waals surface area contributed by atoms with Crippen LogP contribution >= 0.6 is 0 Å². The molecule has 0 amide bonds. The lowest BCUT2D eigenvalue weighted by Gasteiger charge is -2.27. The predicted molar refractivity (Wildman–Crippen MR) is 110 cm³/mol. The van der Waals surface area contributed by atoms with Crippen molar-refractivity contribution in [2.24, 2.45) is 0 Å². The predicted octanol–water partition coefficient (Wildman–Crippen LogP) is 3.92. The van der Waals surface area contributed by atoms with Gasteiger partial charge in [-0.2, -0.15) is 0 Å². The molecule has 1 heterocycles. The van der Waals surface area contributed by atoms with E-state index in [-0.39, 0.29) is 0 Å². The second-order valence-corrected chi connectivity index (χ2v) is 8.28. The first-order chi connectivity index (χ1) is 13.6. The van der Waals surface area contributed by atoms with Crippen LogP contribution in [0.15, 0.2) is 47.6 Å². The van der Waals surface area contributed by atoms with Gasteiger partial charge in [-0.1, -0.05) is 12.1 Å². The lowest BCUT2D eigenvalue weighted by atomic mass is 9.93. The van der Waals surface area contributed by atoms with Crippen LogP contribution in [0.4, 0.5) is 5.82 Å². The van der Waals surface area contributed by atoms with E-state index in [2.05, 4.69) is 15.3 Å². The third-order valence-corrected chi connectivity index (χ3v) is 5.91. The lowest BCUT2D eigenvalue weighted by molar-refractivity contribution is 0.285. The largest absolute Gasteiger partial charge is 0.493 e. The SMILES string of the molecule is COc1cc2c(NC3CCC3)ncnc2cc1OCc1cccc(S(C)=O)c1. The summed E-state index contributed by atoms with van der Waals surface area (Å²) in [5.41, 5.74) is 1.75. The van der Waals surface area contributed by atoms with Gasteiger partial charge in [0, 0.05) is 39.4 Å². The van der Waals surface area contributed by atoms with Crippen LogP contribution in [0.1, 0.15) is 24.8 Å². The Labute approximate surface area is 166 Å². The standard InChI is InChI=1S/C21H23N3O3S/c1-26-19-10-17-18(22-13-23-21(17)24-15-6-4-7-15)11-20(19)27-12-14-5-3-8-16(9-14)28(2)25/h3,5,8-11,13,15H,4,6-7,12H2,1-2H3,(H,22,23,24). The normalized spacial score (nSPS) is 15.1. The Morgan fingerprint density at radius 2 is 2.04 bits per heavy atom. The van der Waals surface area contributed by atoms with Gasteiger partial charge in [-0.15, -0.1) is 0 Å². The third-order valence-electron chi connectivity index (χ3n) is 4.99. The van der Waals surface area contributed by atoms with Gasteiger partial charge >= 0.3 is 0 Å². The van der Waals surface area contributed by atoms with Gasteiger partial charge in [-0.25, -0.2) is 9.97 Å². The Balaban J connectivity index is 1.60. The number of anilines is 1. The fourth-order valence-electron chi connectivity index (χ4n) is 3.17. The number of fused-ring (bicyclic) bond motifs is 1. The van der Waals surface area contributed by atoms with Crippen LogP contribution in [0.2, 0.25) is 0 Å². The number of aromatic nitrogens is 2. The molecule has 2 aromatic carbocycles. The highest BCUT2D eigenvalue weighted by molar-refractivity contribution is 7.84. The summed E-state index contributed by atoms with van der Waals surface area (Å²) in [6.07, 6.45) is 6.84. The number of hydrogen-bond donors (Lipinski definition) is 1. The maximum Gasteiger partial charge on any atom is 0.163 e. The highest BCUT2D eigenvalue weighted by Gasteiger charge is 2.19. The molecular weight excluding hydrogens is 374 g/mol. The number of nitrogens with zero attached hydrogens (tertiary/aromatic N) is 2. The molecule has 146 valence electrons. The second-order valence-electron chi connectivity index (χ2n) is 6.90. The number of hydrogen-bond acceptors (Lipinski definition) is 6. The van der Waals surface area contributed by atoms with Crippen molar-refractivity contribution in [3.05, 3.63) is 48.3 Å². The molecule has 3 aromatic rings. The zero-order chi connectivity index (χ0) is 19.5. The molecule has 1 fully saturated rings. The molecule has 7 heteroatoms. The number of nitrogens with one attached hydrogen (secondary N) is 1. The maximum absolute atomic E-state index is 11.7. The van der Waals surface area contributed by atoms with Gasteiger partial charge in [-0.05, 0) is 43.0 Å². The fourth-order valence-corrected chi connectivity index (χ4v) is 3.76. The zero-order valence-corrected chi connectivity index (χ0v) is 16.8. The van der Waals surface area contributed by atoms with Crippen molar-refractivity contribution in [1.82, 2.24) is 9.97 Å². The molecular formula is C21H23N3O3S. The third kappa shape index (κ3) is 3.94. The summed E-state index contributed by atoms with van der Waals surface area (Å²) in [5.74, 6) is 2.08. The van der Waals surface area contributed by atoms with E-state index in [9.17, 15) is 4.21 Å². The average Bonchev–Trinajstić information content (AvgIpc) is 2.68. The number of methoxy groups -OCH3 is 1. The molecule has 1 N–H and O–H groups in total. The van der Waals surface area contributed by atoms with Gasteiger partial charge in [0.15, 0.2) is 11.5 Å². The molecule has 28 heavy (non-hydrogen) atoms. The Hall–Kier alpha value is -2.67. The van der Waals surface area contributed by atoms with Gasteiger partial charge in [0.05, 0.1) is 12.6 Å². The average molecular weight is 398 g/mol. The quantitative estimate of drug-likeness (QED) is 0.651.